The van der Waals surface area contributed by atoms with Gasteiger partial charge < -0.3 is 20.7 Å². The summed E-state index contributed by atoms with van der Waals surface area (Å²) < 4.78 is 55.7. The van der Waals surface area contributed by atoms with E-state index in [1.807, 2.05) is 98.7 Å². The standard InChI is InChI=1S/C23H24F2N2O4.C22H22BrFN2O3.C22H22ClFN2O3/c1-12-8-13(2)19(14(3)9-12)20-18(28)10-15(21(20)29)6-7-26-22(30)17-5-4-16(11-27-17)31-23(24)25;1-11-6-12(2)18(13(3)7-11)19-17(27)8-14(21(19)28)4-5-25-22(29)20-16(23)9-15(24)10-26-20;1-11-6-12(2)18(13(3)7-11)19-17(27)8-14(21(19)28)4-5-25-22(29)20-16(24)9-15(23)10-26-20/h4-5,8-9,11,15,20,23H,6-7,10H2,1-3H3,(H,26,30);2*6-7,9-10,14,19H,4-5,8H2,1-3H3,(H,25,29). The molecule has 0 saturated heterocycles. The minimum atomic E-state index is -2.97. The van der Waals surface area contributed by atoms with Gasteiger partial charge in [-0.2, -0.15) is 8.78 Å². The second-order valence-electron chi connectivity index (χ2n) is 22.9. The van der Waals surface area contributed by atoms with Gasteiger partial charge in [0.15, 0.2) is 28.9 Å². The third-order valence-electron chi connectivity index (χ3n) is 16.0. The summed E-state index contributed by atoms with van der Waals surface area (Å²) in [4.78, 5) is 124. The summed E-state index contributed by atoms with van der Waals surface area (Å²) in [7, 11) is 0. The molecule has 3 heterocycles. The zero-order valence-electron chi connectivity index (χ0n) is 50.6. The summed E-state index contributed by atoms with van der Waals surface area (Å²) in [6.45, 7) is 15.0. The molecule has 3 amide bonds. The lowest BCUT2D eigenvalue weighted by atomic mass is 9.86. The molecule has 3 aromatic heterocycles. The monoisotopic (exact) mass is 1310 g/mol. The van der Waals surface area contributed by atoms with Crippen LogP contribution in [0.3, 0.4) is 0 Å². The number of hydrogen-bond donors (Lipinski definition) is 3. The van der Waals surface area contributed by atoms with Gasteiger partial charge in [-0.25, -0.2) is 23.7 Å². The molecule has 3 aliphatic rings. The maximum atomic E-state index is 13.8. The summed E-state index contributed by atoms with van der Waals surface area (Å²) in [6, 6.07) is 16.6. The van der Waals surface area contributed by atoms with Crippen LogP contribution in [0.15, 0.2) is 83.7 Å². The Morgan fingerprint density at radius 1 is 0.528 bits per heavy atom. The van der Waals surface area contributed by atoms with E-state index in [1.165, 1.54) is 18.3 Å². The predicted molar refractivity (Wildman–Crippen MR) is 327 cm³/mol. The Labute approximate surface area is 526 Å². The van der Waals surface area contributed by atoms with Crippen LogP contribution < -0.4 is 20.7 Å². The summed E-state index contributed by atoms with van der Waals surface area (Å²) >= 11 is 8.75. The van der Waals surface area contributed by atoms with E-state index >= 15 is 0 Å². The van der Waals surface area contributed by atoms with E-state index in [1.54, 1.807) is 0 Å². The molecule has 3 aliphatic carbocycles. The molecular weight excluding hydrogens is 1240 g/mol. The number of rotatable bonds is 17. The third-order valence-corrected chi connectivity index (χ3v) is 16.8. The Morgan fingerprint density at radius 3 is 1.25 bits per heavy atom. The highest BCUT2D eigenvalue weighted by Gasteiger charge is 2.45. The van der Waals surface area contributed by atoms with Crippen molar-refractivity contribution >= 4 is 80.0 Å². The fraction of sp³-hybridized carbons (Fsp3) is 0.373. The van der Waals surface area contributed by atoms with Crippen molar-refractivity contribution in [2.45, 2.75) is 125 Å². The molecule has 89 heavy (non-hydrogen) atoms. The minimum absolute atomic E-state index is 0.0409. The van der Waals surface area contributed by atoms with Gasteiger partial charge in [0.1, 0.15) is 58.1 Å². The number of amides is 3. The minimum Gasteiger partial charge on any atom is -0.433 e. The first-order chi connectivity index (χ1) is 42.0. The molecule has 0 spiro atoms. The van der Waals surface area contributed by atoms with Crippen molar-refractivity contribution in [3.05, 3.63) is 184 Å². The van der Waals surface area contributed by atoms with Crippen molar-refractivity contribution in [2.24, 2.45) is 17.8 Å². The van der Waals surface area contributed by atoms with Crippen LogP contribution in [0.25, 0.3) is 0 Å². The van der Waals surface area contributed by atoms with Crippen LogP contribution in [-0.4, -0.2) is 93.6 Å². The molecule has 16 nitrogen and oxygen atoms in total. The van der Waals surface area contributed by atoms with E-state index in [0.717, 1.165) is 91.3 Å². The maximum Gasteiger partial charge on any atom is 0.387 e. The second-order valence-corrected chi connectivity index (χ2v) is 24.2. The van der Waals surface area contributed by atoms with Gasteiger partial charge in [0, 0.05) is 62.8 Å². The number of aromatic nitrogens is 3. The molecule has 3 fully saturated rings. The molecule has 3 N–H and O–H groups in total. The van der Waals surface area contributed by atoms with Gasteiger partial charge >= 0.3 is 6.61 Å². The first-order valence-electron chi connectivity index (χ1n) is 28.8. The fourth-order valence-corrected chi connectivity index (χ4v) is 13.0. The number of carbonyl (C=O) groups excluding carboxylic acids is 9. The van der Waals surface area contributed by atoms with Gasteiger partial charge in [0.05, 0.1) is 21.9 Å². The van der Waals surface area contributed by atoms with E-state index in [2.05, 4.69) is 51.6 Å². The van der Waals surface area contributed by atoms with E-state index in [-0.39, 0.29) is 106 Å². The van der Waals surface area contributed by atoms with E-state index in [9.17, 15) is 60.7 Å². The average Bonchev–Trinajstić information content (AvgIpc) is 1.88. The van der Waals surface area contributed by atoms with Crippen LogP contribution in [0.1, 0.15) is 155 Å². The number of ketones is 6. The summed E-state index contributed by atoms with van der Waals surface area (Å²) in [5.41, 5.74) is 11.1. The predicted octanol–water partition coefficient (Wildman–Crippen LogP) is 11.5. The number of ether oxygens (including phenoxy) is 1. The van der Waals surface area contributed by atoms with Gasteiger partial charge in [-0.1, -0.05) is 64.7 Å². The van der Waals surface area contributed by atoms with Crippen LogP contribution in [-0.2, 0) is 28.8 Å². The number of hydrogen-bond acceptors (Lipinski definition) is 13. The Balaban J connectivity index is 0.000000190. The number of nitrogens with one attached hydrogen (secondary N) is 3. The third kappa shape index (κ3) is 16.8. The maximum absolute atomic E-state index is 13.8. The normalized spacial score (nSPS) is 18.8. The number of alkyl halides is 2. The van der Waals surface area contributed by atoms with Gasteiger partial charge in [0.25, 0.3) is 17.7 Å². The quantitative estimate of drug-likeness (QED) is 0.0570. The molecule has 6 unspecified atom stereocenters. The zero-order valence-corrected chi connectivity index (χ0v) is 52.9. The van der Waals surface area contributed by atoms with Crippen LogP contribution >= 0.6 is 27.5 Å². The number of benzene rings is 3. The molecular formula is C67H68BrClF4N6O10. The lowest BCUT2D eigenvalue weighted by Crippen LogP contribution is -2.28. The van der Waals surface area contributed by atoms with Crippen LogP contribution in [0.5, 0.6) is 5.75 Å². The molecule has 3 aromatic carbocycles. The fourth-order valence-electron chi connectivity index (χ4n) is 12.3. The van der Waals surface area contributed by atoms with Crippen molar-refractivity contribution in [3.63, 3.8) is 0 Å². The van der Waals surface area contributed by atoms with Crippen LogP contribution in [0.2, 0.25) is 5.02 Å². The smallest absolute Gasteiger partial charge is 0.387 e. The molecule has 0 bridgehead atoms. The zero-order chi connectivity index (χ0) is 65.3. The summed E-state index contributed by atoms with van der Waals surface area (Å²) in [5.74, 6) is -7.24. The average molecular weight is 1310 g/mol. The molecule has 6 atom stereocenters. The van der Waals surface area contributed by atoms with E-state index in [0.29, 0.717) is 19.3 Å². The van der Waals surface area contributed by atoms with Crippen molar-refractivity contribution in [3.8, 4) is 5.75 Å². The highest BCUT2D eigenvalue weighted by atomic mass is 79.9. The first kappa shape index (κ1) is 68.3. The Kier molecular flexibility index (Phi) is 22.9. The van der Waals surface area contributed by atoms with Crippen molar-refractivity contribution < 1.29 is 65.4 Å². The van der Waals surface area contributed by atoms with Crippen LogP contribution in [0, 0.1) is 91.7 Å². The first-order valence-corrected chi connectivity index (χ1v) is 30.0. The molecule has 9 rings (SSSR count). The molecule has 468 valence electrons. The lowest BCUT2D eigenvalue weighted by molar-refractivity contribution is -0.126. The second kappa shape index (κ2) is 29.9. The van der Waals surface area contributed by atoms with Gasteiger partial charge in [-0.15, -0.1) is 0 Å². The highest BCUT2D eigenvalue weighted by molar-refractivity contribution is 9.10. The number of nitrogens with zero attached hydrogens (tertiary/aromatic N) is 3. The molecule has 0 radical (unpaired) electrons. The van der Waals surface area contributed by atoms with Crippen molar-refractivity contribution in [2.75, 3.05) is 19.6 Å². The molecule has 0 aliphatic heterocycles. The van der Waals surface area contributed by atoms with Crippen LogP contribution in [0.4, 0.5) is 17.6 Å². The summed E-state index contributed by atoms with van der Waals surface area (Å²) in [6.07, 6.45) is 4.71. The topological polar surface area (TPSA) is 238 Å². The van der Waals surface area contributed by atoms with Gasteiger partial charge in [-0.05, 0) is 172 Å². The van der Waals surface area contributed by atoms with Gasteiger partial charge in [-0.3, -0.25) is 43.2 Å². The van der Waals surface area contributed by atoms with E-state index < -0.39 is 71.5 Å². The Bertz CT molecular complexity index is 3560. The van der Waals surface area contributed by atoms with Gasteiger partial charge in [0.2, 0.25) is 0 Å². The van der Waals surface area contributed by atoms with Crippen molar-refractivity contribution in [1.82, 2.24) is 30.9 Å². The summed E-state index contributed by atoms with van der Waals surface area (Å²) in [5, 5.41) is 8.00. The highest BCUT2D eigenvalue weighted by Crippen LogP contribution is 2.40. The Morgan fingerprint density at radius 2 is 0.899 bits per heavy atom. The number of aryl methyl sites for hydroxylation is 9. The molecule has 3 saturated carbocycles. The number of pyridine rings is 3. The number of carbonyl (C=O) groups is 9. The number of Topliss-reactive ketones (excluding diaryl/α,β-unsaturated/α-hetero) is 6. The molecule has 22 heteroatoms. The Hall–Kier alpha value is -8.17. The lowest BCUT2D eigenvalue weighted by Gasteiger charge is -2.16. The largest absolute Gasteiger partial charge is 0.433 e. The molecule has 6 aromatic rings. The number of halogens is 6. The van der Waals surface area contributed by atoms with E-state index in [4.69, 9.17) is 11.6 Å². The SMILES string of the molecule is Cc1cc(C)c(C2C(=O)CC(CCNC(=O)c3ccc(OC(F)F)cn3)C2=O)c(C)c1.Cc1cc(C)c(C2C(=O)CC(CCNC(=O)c3ncc(Cl)cc3F)C2=O)c(C)c1.Cc1cc(C)c(C2C(=O)CC(CCNC(=O)c3ncc(F)cc3Br)C2=O)c(C)c1. The van der Waals surface area contributed by atoms with Crippen molar-refractivity contribution in [1.29, 1.82) is 0 Å².